The van der Waals surface area contributed by atoms with E-state index in [0.717, 1.165) is 17.7 Å². The first-order valence-corrected chi connectivity index (χ1v) is 9.65. The second-order valence-electron chi connectivity index (χ2n) is 5.74. The molecule has 0 aliphatic rings. The van der Waals surface area contributed by atoms with Gasteiger partial charge in [-0.05, 0) is 51.5 Å². The molecule has 1 aromatic heterocycles. The van der Waals surface area contributed by atoms with E-state index < -0.39 is 0 Å². The summed E-state index contributed by atoms with van der Waals surface area (Å²) in [5.41, 5.74) is 0.808. The van der Waals surface area contributed by atoms with Crippen molar-refractivity contribution in [1.29, 1.82) is 0 Å². The topological polar surface area (TPSA) is 86.5 Å². The monoisotopic (exact) mass is 379 g/mol. The third kappa shape index (κ3) is 7.05. The van der Waals surface area contributed by atoms with Crippen molar-refractivity contribution >= 4 is 17.7 Å². The molecule has 1 amide bonds. The van der Waals surface area contributed by atoms with Gasteiger partial charge in [-0.1, -0.05) is 11.8 Å². The molecule has 2 aromatic rings. The van der Waals surface area contributed by atoms with Gasteiger partial charge in [0.15, 0.2) is 0 Å². The lowest BCUT2D eigenvalue weighted by Gasteiger charge is -2.07. The van der Waals surface area contributed by atoms with Crippen LogP contribution in [0.2, 0.25) is 0 Å². The molecule has 8 heteroatoms. The number of hydrogen-bond acceptors (Lipinski definition) is 7. The lowest BCUT2D eigenvalue weighted by Crippen LogP contribution is -2.27. The molecule has 0 aliphatic heterocycles. The molecular formula is C18H25N3O4S. The van der Waals surface area contributed by atoms with E-state index in [1.165, 1.54) is 11.8 Å². The Balaban J connectivity index is 1.73. The first-order chi connectivity index (χ1) is 12.6. The van der Waals surface area contributed by atoms with Crippen molar-refractivity contribution in [2.45, 2.75) is 38.5 Å². The van der Waals surface area contributed by atoms with E-state index in [4.69, 9.17) is 13.9 Å². The van der Waals surface area contributed by atoms with Gasteiger partial charge in [0.05, 0.1) is 18.5 Å². The van der Waals surface area contributed by atoms with Gasteiger partial charge in [-0.25, -0.2) is 0 Å². The van der Waals surface area contributed by atoms with E-state index >= 15 is 0 Å². The number of rotatable bonds is 11. The molecule has 0 radical (unpaired) electrons. The number of carbonyl (C=O) groups is 1. The maximum atomic E-state index is 11.8. The van der Waals surface area contributed by atoms with Crippen LogP contribution in [0.4, 0.5) is 0 Å². The molecule has 7 nitrogen and oxygen atoms in total. The van der Waals surface area contributed by atoms with Crippen LogP contribution in [-0.4, -0.2) is 47.7 Å². The van der Waals surface area contributed by atoms with Gasteiger partial charge in [0, 0.05) is 18.7 Å². The number of nitrogens with zero attached hydrogens (tertiary/aromatic N) is 2. The molecule has 0 bridgehead atoms. The minimum absolute atomic E-state index is 0.0691. The Bertz CT molecular complexity index is 673. The van der Waals surface area contributed by atoms with Crippen LogP contribution in [0.3, 0.4) is 0 Å². The zero-order valence-corrected chi connectivity index (χ0v) is 16.2. The number of nitrogens with one attached hydrogen (secondary N) is 1. The van der Waals surface area contributed by atoms with Crippen LogP contribution in [0.15, 0.2) is 33.9 Å². The van der Waals surface area contributed by atoms with Crippen LogP contribution in [0.5, 0.6) is 5.75 Å². The third-order valence-electron chi connectivity index (χ3n) is 3.24. The third-order valence-corrected chi connectivity index (χ3v) is 4.06. The van der Waals surface area contributed by atoms with Gasteiger partial charge < -0.3 is 19.2 Å². The maximum Gasteiger partial charge on any atom is 0.277 e. The number of aromatic nitrogens is 2. The average molecular weight is 379 g/mol. The molecule has 2 rings (SSSR count). The van der Waals surface area contributed by atoms with Crippen molar-refractivity contribution in [3.8, 4) is 17.2 Å². The second kappa shape index (κ2) is 10.8. The van der Waals surface area contributed by atoms with Gasteiger partial charge in [0.2, 0.25) is 11.8 Å². The van der Waals surface area contributed by atoms with Crippen LogP contribution < -0.4 is 10.1 Å². The molecule has 0 spiro atoms. The van der Waals surface area contributed by atoms with Crippen molar-refractivity contribution in [3.63, 3.8) is 0 Å². The van der Waals surface area contributed by atoms with Crippen molar-refractivity contribution in [1.82, 2.24) is 15.5 Å². The number of benzene rings is 1. The average Bonchev–Trinajstić information content (AvgIpc) is 3.09. The van der Waals surface area contributed by atoms with Gasteiger partial charge in [-0.3, -0.25) is 4.79 Å². The first-order valence-electron chi connectivity index (χ1n) is 8.66. The Kier molecular flexibility index (Phi) is 8.43. The van der Waals surface area contributed by atoms with E-state index in [2.05, 4.69) is 15.5 Å². The Morgan fingerprint density at radius 3 is 2.73 bits per heavy atom. The Hall–Kier alpha value is -2.06. The van der Waals surface area contributed by atoms with Crippen molar-refractivity contribution in [3.05, 3.63) is 24.3 Å². The molecular weight excluding hydrogens is 354 g/mol. The molecule has 0 fully saturated rings. The molecule has 0 unspecified atom stereocenters. The van der Waals surface area contributed by atoms with Crippen LogP contribution in [0.1, 0.15) is 27.2 Å². The van der Waals surface area contributed by atoms with E-state index in [-0.39, 0.29) is 17.8 Å². The van der Waals surface area contributed by atoms with Crippen molar-refractivity contribution in [2.75, 3.05) is 25.5 Å². The number of thioether (sulfide) groups is 1. The molecule has 142 valence electrons. The fourth-order valence-electron chi connectivity index (χ4n) is 2.04. The SMILES string of the molecule is CCOc1ccc(-c2nnc(SCC(=O)NCCCOC(C)C)o2)cc1. The van der Waals surface area contributed by atoms with E-state index in [0.29, 0.717) is 30.9 Å². The van der Waals surface area contributed by atoms with E-state index in [1.54, 1.807) is 0 Å². The molecule has 26 heavy (non-hydrogen) atoms. The molecule has 0 aliphatic carbocycles. The van der Waals surface area contributed by atoms with E-state index in [1.807, 2.05) is 45.0 Å². The van der Waals surface area contributed by atoms with Crippen LogP contribution in [0.25, 0.3) is 11.5 Å². The lowest BCUT2D eigenvalue weighted by atomic mass is 10.2. The quantitative estimate of drug-likeness (QED) is 0.474. The summed E-state index contributed by atoms with van der Waals surface area (Å²) in [7, 11) is 0. The Labute approximate surface area is 157 Å². The summed E-state index contributed by atoms with van der Waals surface area (Å²) in [5, 5.41) is 11.2. The van der Waals surface area contributed by atoms with Gasteiger partial charge in [0.25, 0.3) is 5.22 Å². The summed E-state index contributed by atoms with van der Waals surface area (Å²) < 4.78 is 16.4. The van der Waals surface area contributed by atoms with Gasteiger partial charge in [-0.2, -0.15) is 0 Å². The fraction of sp³-hybridized carbons (Fsp3) is 0.500. The maximum absolute atomic E-state index is 11.8. The highest BCUT2D eigenvalue weighted by Crippen LogP contribution is 2.24. The predicted molar refractivity (Wildman–Crippen MR) is 100 cm³/mol. The smallest absolute Gasteiger partial charge is 0.277 e. The molecule has 0 atom stereocenters. The highest BCUT2D eigenvalue weighted by Gasteiger charge is 2.11. The summed E-state index contributed by atoms with van der Waals surface area (Å²) in [5.74, 6) is 1.37. The zero-order chi connectivity index (χ0) is 18.8. The first kappa shape index (κ1) is 20.3. The number of carbonyl (C=O) groups excluding carboxylic acids is 1. The van der Waals surface area contributed by atoms with Crippen LogP contribution in [-0.2, 0) is 9.53 Å². The Morgan fingerprint density at radius 2 is 2.04 bits per heavy atom. The van der Waals surface area contributed by atoms with Gasteiger partial charge in [-0.15, -0.1) is 10.2 Å². The van der Waals surface area contributed by atoms with Crippen LogP contribution in [0, 0.1) is 0 Å². The minimum Gasteiger partial charge on any atom is -0.494 e. The molecule has 1 heterocycles. The minimum atomic E-state index is -0.0691. The van der Waals surface area contributed by atoms with Crippen molar-refractivity contribution in [2.24, 2.45) is 0 Å². The normalized spacial score (nSPS) is 10.9. The fourth-order valence-corrected chi connectivity index (χ4v) is 2.64. The van der Waals surface area contributed by atoms with Gasteiger partial charge >= 0.3 is 0 Å². The van der Waals surface area contributed by atoms with Crippen LogP contribution >= 0.6 is 11.8 Å². The molecule has 1 N–H and O–H groups in total. The standard InChI is InChI=1S/C18H25N3O4S/c1-4-23-15-8-6-14(7-9-15)17-20-21-18(25-17)26-12-16(22)19-10-5-11-24-13(2)3/h6-9,13H,4-5,10-12H2,1-3H3,(H,19,22). The summed E-state index contributed by atoms with van der Waals surface area (Å²) in [6.07, 6.45) is 1.00. The molecule has 0 saturated heterocycles. The second-order valence-corrected chi connectivity index (χ2v) is 6.67. The van der Waals surface area contributed by atoms with E-state index in [9.17, 15) is 4.79 Å². The highest BCUT2D eigenvalue weighted by molar-refractivity contribution is 7.99. The Morgan fingerprint density at radius 1 is 1.27 bits per heavy atom. The number of ether oxygens (including phenoxy) is 2. The van der Waals surface area contributed by atoms with Gasteiger partial charge in [0.1, 0.15) is 5.75 Å². The summed E-state index contributed by atoms with van der Waals surface area (Å²) in [4.78, 5) is 11.8. The summed E-state index contributed by atoms with van der Waals surface area (Å²) >= 11 is 1.22. The highest BCUT2D eigenvalue weighted by atomic mass is 32.2. The zero-order valence-electron chi connectivity index (χ0n) is 15.4. The largest absolute Gasteiger partial charge is 0.494 e. The number of hydrogen-bond donors (Lipinski definition) is 1. The van der Waals surface area contributed by atoms with Crippen molar-refractivity contribution < 1.29 is 18.7 Å². The number of amides is 1. The summed E-state index contributed by atoms with van der Waals surface area (Å²) in [6.45, 7) is 7.76. The summed E-state index contributed by atoms with van der Waals surface area (Å²) in [6, 6.07) is 7.43. The lowest BCUT2D eigenvalue weighted by molar-refractivity contribution is -0.118. The molecule has 0 saturated carbocycles. The molecule has 1 aromatic carbocycles. The predicted octanol–water partition coefficient (Wildman–Crippen LogP) is 3.16.